The average Bonchev–Trinajstić information content (AvgIpc) is 2.84. The van der Waals surface area contributed by atoms with Crippen molar-refractivity contribution < 1.29 is 9.18 Å². The predicted octanol–water partition coefficient (Wildman–Crippen LogP) is 2.94. The fourth-order valence-electron chi connectivity index (χ4n) is 1.49. The van der Waals surface area contributed by atoms with Crippen molar-refractivity contribution in [3.05, 3.63) is 52.0 Å². The zero-order valence-corrected chi connectivity index (χ0v) is 10.1. The molecule has 18 heavy (non-hydrogen) atoms. The van der Waals surface area contributed by atoms with Crippen molar-refractivity contribution in [3.8, 4) is 6.07 Å². The minimum absolute atomic E-state index is 0.119. The number of nitrogens with one attached hydrogen (secondary N) is 1. The lowest BCUT2D eigenvalue weighted by atomic mass is 10.1. The Morgan fingerprint density at radius 3 is 2.94 bits per heavy atom. The van der Waals surface area contributed by atoms with Gasteiger partial charge in [0.25, 0.3) is 0 Å². The summed E-state index contributed by atoms with van der Waals surface area (Å²) in [6, 6.07) is 7.40. The van der Waals surface area contributed by atoms with Crippen LogP contribution in [0.25, 0.3) is 0 Å². The number of thiophene rings is 1. The predicted molar refractivity (Wildman–Crippen MR) is 67.8 cm³/mol. The number of benzene rings is 1. The average molecular weight is 260 g/mol. The molecule has 0 aliphatic rings. The maximum atomic E-state index is 12.9. The summed E-state index contributed by atoms with van der Waals surface area (Å²) in [7, 11) is 0. The lowest BCUT2D eigenvalue weighted by Gasteiger charge is -2.06. The topological polar surface area (TPSA) is 52.9 Å². The normalized spacial score (nSPS) is 9.78. The van der Waals surface area contributed by atoms with E-state index in [1.54, 1.807) is 0 Å². The van der Waals surface area contributed by atoms with E-state index in [9.17, 15) is 9.18 Å². The van der Waals surface area contributed by atoms with E-state index in [0.29, 0.717) is 5.69 Å². The van der Waals surface area contributed by atoms with Crippen LogP contribution in [-0.4, -0.2) is 5.91 Å². The smallest absolute Gasteiger partial charge is 0.228 e. The molecule has 0 unspecified atom stereocenters. The van der Waals surface area contributed by atoms with Crippen LogP contribution >= 0.6 is 11.3 Å². The molecule has 1 amide bonds. The second kappa shape index (κ2) is 5.43. The largest absolute Gasteiger partial charge is 0.325 e. The Bertz CT molecular complexity index is 602. The lowest BCUT2D eigenvalue weighted by molar-refractivity contribution is -0.115. The summed E-state index contributed by atoms with van der Waals surface area (Å²) < 4.78 is 12.9. The van der Waals surface area contributed by atoms with Gasteiger partial charge in [-0.05, 0) is 40.6 Å². The molecular formula is C13H9FN2OS. The summed E-state index contributed by atoms with van der Waals surface area (Å²) in [5, 5.41) is 15.2. The molecule has 0 saturated heterocycles. The first-order chi connectivity index (χ1) is 8.69. The van der Waals surface area contributed by atoms with Gasteiger partial charge in [-0.25, -0.2) is 4.39 Å². The Morgan fingerprint density at radius 2 is 2.28 bits per heavy atom. The number of carbonyl (C=O) groups is 1. The highest BCUT2D eigenvalue weighted by Gasteiger charge is 2.08. The molecular weight excluding hydrogens is 251 g/mol. The van der Waals surface area contributed by atoms with E-state index in [-0.39, 0.29) is 17.9 Å². The Labute approximate surface area is 107 Å². The second-order valence-corrected chi connectivity index (χ2v) is 4.44. The Balaban J connectivity index is 2.10. The lowest BCUT2D eigenvalue weighted by Crippen LogP contribution is -2.14. The number of carbonyl (C=O) groups excluding carboxylic acids is 1. The minimum Gasteiger partial charge on any atom is -0.325 e. The molecule has 0 atom stereocenters. The van der Waals surface area contributed by atoms with Gasteiger partial charge in [-0.2, -0.15) is 16.6 Å². The molecule has 1 aromatic heterocycles. The van der Waals surface area contributed by atoms with Crippen molar-refractivity contribution in [2.75, 3.05) is 5.32 Å². The molecule has 1 N–H and O–H groups in total. The summed E-state index contributed by atoms with van der Waals surface area (Å²) in [6.07, 6.45) is 0.242. The number of hydrogen-bond donors (Lipinski definition) is 1. The van der Waals surface area contributed by atoms with Gasteiger partial charge in [-0.15, -0.1) is 0 Å². The standard InChI is InChI=1S/C13H9FN2OS/c14-11-1-2-12(10(6-11)7-15)16-13(17)5-9-3-4-18-8-9/h1-4,6,8H,5H2,(H,16,17). The number of nitrogens with zero attached hydrogens (tertiary/aromatic N) is 1. The van der Waals surface area contributed by atoms with Crippen LogP contribution in [0.4, 0.5) is 10.1 Å². The van der Waals surface area contributed by atoms with Gasteiger partial charge in [0.05, 0.1) is 17.7 Å². The number of nitriles is 1. The zero-order valence-electron chi connectivity index (χ0n) is 9.31. The van der Waals surface area contributed by atoms with E-state index in [4.69, 9.17) is 5.26 Å². The number of amides is 1. The van der Waals surface area contributed by atoms with Crippen molar-refractivity contribution in [3.63, 3.8) is 0 Å². The fraction of sp³-hybridized carbons (Fsp3) is 0.0769. The van der Waals surface area contributed by atoms with Gasteiger partial charge in [-0.1, -0.05) is 0 Å². The van der Waals surface area contributed by atoms with Crippen LogP contribution in [-0.2, 0) is 11.2 Å². The van der Waals surface area contributed by atoms with Gasteiger partial charge in [0.15, 0.2) is 0 Å². The van der Waals surface area contributed by atoms with E-state index in [2.05, 4.69) is 5.32 Å². The zero-order chi connectivity index (χ0) is 13.0. The van der Waals surface area contributed by atoms with Crippen LogP contribution in [0, 0.1) is 17.1 Å². The van der Waals surface area contributed by atoms with Crippen molar-refractivity contribution in [2.45, 2.75) is 6.42 Å². The number of halogens is 1. The molecule has 90 valence electrons. The highest BCUT2D eigenvalue weighted by atomic mass is 32.1. The van der Waals surface area contributed by atoms with Crippen LogP contribution < -0.4 is 5.32 Å². The quantitative estimate of drug-likeness (QED) is 0.922. The summed E-state index contributed by atoms with van der Waals surface area (Å²) in [5.41, 5.74) is 1.37. The third-order valence-corrected chi connectivity index (χ3v) is 3.05. The van der Waals surface area contributed by atoms with Crippen molar-refractivity contribution >= 4 is 22.9 Å². The van der Waals surface area contributed by atoms with Crippen LogP contribution in [0.1, 0.15) is 11.1 Å². The fourth-order valence-corrected chi connectivity index (χ4v) is 2.16. The van der Waals surface area contributed by atoms with Gasteiger partial charge < -0.3 is 5.32 Å². The van der Waals surface area contributed by atoms with E-state index in [1.807, 2.05) is 22.9 Å². The highest BCUT2D eigenvalue weighted by Crippen LogP contribution is 2.16. The molecule has 1 aromatic carbocycles. The summed E-state index contributed by atoms with van der Waals surface area (Å²) in [4.78, 5) is 11.7. The molecule has 2 aromatic rings. The number of rotatable bonds is 3. The van der Waals surface area contributed by atoms with E-state index in [0.717, 1.165) is 11.6 Å². The first kappa shape index (κ1) is 12.3. The molecule has 1 heterocycles. The summed E-state index contributed by atoms with van der Waals surface area (Å²) >= 11 is 1.52. The maximum absolute atomic E-state index is 12.9. The maximum Gasteiger partial charge on any atom is 0.228 e. The second-order valence-electron chi connectivity index (χ2n) is 3.66. The molecule has 0 bridgehead atoms. The molecule has 0 fully saturated rings. The van der Waals surface area contributed by atoms with E-state index >= 15 is 0 Å². The number of hydrogen-bond acceptors (Lipinski definition) is 3. The molecule has 5 heteroatoms. The van der Waals surface area contributed by atoms with Gasteiger partial charge in [0.2, 0.25) is 5.91 Å². The van der Waals surface area contributed by atoms with Gasteiger partial charge in [0.1, 0.15) is 11.9 Å². The monoisotopic (exact) mass is 260 g/mol. The third-order valence-electron chi connectivity index (χ3n) is 2.32. The molecule has 2 rings (SSSR count). The van der Waals surface area contributed by atoms with Crippen LogP contribution in [0.5, 0.6) is 0 Å². The van der Waals surface area contributed by atoms with Crippen molar-refractivity contribution in [1.29, 1.82) is 5.26 Å². The van der Waals surface area contributed by atoms with Crippen LogP contribution in [0.2, 0.25) is 0 Å². The molecule has 0 spiro atoms. The third kappa shape index (κ3) is 2.93. The van der Waals surface area contributed by atoms with Gasteiger partial charge >= 0.3 is 0 Å². The van der Waals surface area contributed by atoms with Crippen molar-refractivity contribution in [1.82, 2.24) is 0 Å². The first-order valence-corrected chi connectivity index (χ1v) is 6.14. The van der Waals surface area contributed by atoms with E-state index < -0.39 is 5.82 Å². The van der Waals surface area contributed by atoms with Crippen molar-refractivity contribution in [2.24, 2.45) is 0 Å². The Kier molecular flexibility index (Phi) is 3.70. The molecule has 0 aliphatic heterocycles. The van der Waals surface area contributed by atoms with E-state index in [1.165, 1.54) is 23.5 Å². The minimum atomic E-state index is -0.498. The summed E-state index contributed by atoms with van der Waals surface area (Å²) in [5.74, 6) is -0.723. The summed E-state index contributed by atoms with van der Waals surface area (Å²) in [6.45, 7) is 0. The molecule has 0 saturated carbocycles. The van der Waals surface area contributed by atoms with Crippen LogP contribution in [0.3, 0.4) is 0 Å². The first-order valence-electron chi connectivity index (χ1n) is 5.19. The number of anilines is 1. The highest BCUT2D eigenvalue weighted by molar-refractivity contribution is 7.08. The van der Waals surface area contributed by atoms with Crippen LogP contribution in [0.15, 0.2) is 35.0 Å². The Morgan fingerprint density at radius 1 is 1.44 bits per heavy atom. The van der Waals surface area contributed by atoms with Gasteiger partial charge in [0, 0.05) is 0 Å². The SMILES string of the molecule is N#Cc1cc(F)ccc1NC(=O)Cc1ccsc1. The molecule has 3 nitrogen and oxygen atoms in total. The molecule has 0 aliphatic carbocycles. The Hall–Kier alpha value is -2.19. The molecule has 0 radical (unpaired) electrons. The van der Waals surface area contributed by atoms with Gasteiger partial charge in [-0.3, -0.25) is 4.79 Å².